The number of carbonyl (C=O) groups is 1. The van der Waals surface area contributed by atoms with Gasteiger partial charge in [-0.15, -0.1) is 0 Å². The molecule has 0 unspecified atom stereocenters. The molecule has 1 saturated carbocycles. The van der Waals surface area contributed by atoms with Crippen LogP contribution in [-0.4, -0.2) is 22.6 Å². The van der Waals surface area contributed by atoms with Crippen molar-refractivity contribution in [1.29, 1.82) is 0 Å². The molecule has 1 aromatic carbocycles. The van der Waals surface area contributed by atoms with Gasteiger partial charge in [-0.3, -0.25) is 4.90 Å². The number of rotatable bonds is 0. The topological polar surface area (TPSA) is 52.9 Å². The molecule has 1 N–H and O–H groups in total. The molecule has 18 heavy (non-hydrogen) atoms. The standard InChI is InChI=1S/C14H12N2O2/c17-13(18)16-7-11-12(14(8-16)5-6-14)9-3-1-2-4-10(9)15-11/h1-4,7H,5-6,8H2,(H,17,18). The highest BCUT2D eigenvalue weighted by Crippen LogP contribution is 2.57. The number of hydrogen-bond acceptors (Lipinski definition) is 2. The smallest absolute Gasteiger partial charge is 0.411 e. The Morgan fingerprint density at radius 2 is 2.11 bits per heavy atom. The van der Waals surface area contributed by atoms with Crippen LogP contribution in [0.25, 0.3) is 5.57 Å². The van der Waals surface area contributed by atoms with E-state index < -0.39 is 6.09 Å². The molecule has 1 fully saturated rings. The monoisotopic (exact) mass is 240 g/mol. The fourth-order valence-electron chi connectivity index (χ4n) is 3.04. The first-order valence-electron chi connectivity index (χ1n) is 6.10. The van der Waals surface area contributed by atoms with Crippen molar-refractivity contribution in [3.8, 4) is 0 Å². The number of fused-ring (bicyclic) bond motifs is 3. The molecular formula is C14H12N2O2. The molecule has 2 heterocycles. The van der Waals surface area contributed by atoms with E-state index in [1.54, 1.807) is 6.20 Å². The molecule has 2 aliphatic heterocycles. The molecule has 1 spiro atoms. The van der Waals surface area contributed by atoms with Crippen LogP contribution in [0.2, 0.25) is 0 Å². The molecule has 0 radical (unpaired) electrons. The van der Waals surface area contributed by atoms with Crippen LogP contribution in [0.4, 0.5) is 4.79 Å². The van der Waals surface area contributed by atoms with Crippen LogP contribution in [0, 0.1) is 5.41 Å². The first kappa shape index (κ1) is 9.88. The Labute approximate surface area is 104 Å². The number of nitrogens with zero attached hydrogens (tertiary/aromatic N) is 2. The average molecular weight is 240 g/mol. The Hall–Kier alpha value is -2.10. The zero-order chi connectivity index (χ0) is 12.3. The first-order valence-corrected chi connectivity index (χ1v) is 6.10. The Morgan fingerprint density at radius 1 is 1.33 bits per heavy atom. The summed E-state index contributed by atoms with van der Waals surface area (Å²) in [5.41, 5.74) is 2.12. The molecule has 0 saturated heterocycles. The third-order valence-corrected chi connectivity index (χ3v) is 4.05. The van der Waals surface area contributed by atoms with E-state index in [2.05, 4.69) is 11.1 Å². The summed E-state index contributed by atoms with van der Waals surface area (Å²) in [5.74, 6) is 0. The Kier molecular flexibility index (Phi) is 1.66. The molecule has 4 nitrogen and oxygen atoms in total. The minimum atomic E-state index is -0.890. The Balaban J connectivity index is 2.02. The van der Waals surface area contributed by atoms with Gasteiger partial charge in [-0.1, -0.05) is 18.2 Å². The highest BCUT2D eigenvalue weighted by molar-refractivity contribution is 5.78. The zero-order valence-corrected chi connectivity index (χ0v) is 9.76. The summed E-state index contributed by atoms with van der Waals surface area (Å²) in [4.78, 5) is 17.1. The van der Waals surface area contributed by atoms with Crippen molar-refractivity contribution in [2.24, 2.45) is 10.4 Å². The molecule has 4 rings (SSSR count). The van der Waals surface area contributed by atoms with Crippen LogP contribution in [0.5, 0.6) is 0 Å². The SMILES string of the molecule is O=C(O)N1C=C2N=c3ccccc3=C2C2(CC2)C1. The van der Waals surface area contributed by atoms with Gasteiger partial charge in [-0.05, 0) is 24.5 Å². The van der Waals surface area contributed by atoms with Gasteiger partial charge in [0.05, 0.1) is 11.1 Å². The van der Waals surface area contributed by atoms with E-state index in [0.29, 0.717) is 6.54 Å². The molecule has 0 atom stereocenters. The van der Waals surface area contributed by atoms with E-state index in [4.69, 9.17) is 5.11 Å². The lowest BCUT2D eigenvalue weighted by molar-refractivity contribution is 0.156. The summed E-state index contributed by atoms with van der Waals surface area (Å²) in [5, 5.41) is 11.3. The van der Waals surface area contributed by atoms with Gasteiger partial charge in [-0.2, -0.15) is 0 Å². The van der Waals surface area contributed by atoms with Gasteiger partial charge in [0.15, 0.2) is 0 Å². The Bertz CT molecular complexity index is 714. The van der Waals surface area contributed by atoms with Gasteiger partial charge < -0.3 is 5.11 Å². The number of para-hydroxylation sites is 1. The van der Waals surface area contributed by atoms with E-state index in [1.165, 1.54) is 15.7 Å². The second kappa shape index (κ2) is 3.02. The molecular weight excluding hydrogens is 228 g/mol. The summed E-state index contributed by atoms with van der Waals surface area (Å²) >= 11 is 0. The maximum atomic E-state index is 11.2. The van der Waals surface area contributed by atoms with Gasteiger partial charge in [-0.25, -0.2) is 9.79 Å². The van der Waals surface area contributed by atoms with E-state index in [9.17, 15) is 4.79 Å². The van der Waals surface area contributed by atoms with E-state index in [1.807, 2.05) is 18.2 Å². The third-order valence-electron chi connectivity index (χ3n) is 4.05. The molecule has 3 aliphatic rings. The lowest BCUT2D eigenvalue weighted by atomic mass is 9.89. The minimum Gasteiger partial charge on any atom is -0.465 e. The van der Waals surface area contributed by atoms with E-state index in [-0.39, 0.29) is 5.41 Å². The van der Waals surface area contributed by atoms with Gasteiger partial charge in [0.1, 0.15) is 0 Å². The highest BCUT2D eigenvalue weighted by Gasteiger charge is 2.52. The van der Waals surface area contributed by atoms with Gasteiger partial charge >= 0.3 is 6.09 Å². The normalized spacial score (nSPS) is 22.1. The maximum absolute atomic E-state index is 11.2. The predicted octanol–water partition coefficient (Wildman–Crippen LogP) is 1.09. The number of benzene rings is 1. The van der Waals surface area contributed by atoms with Crippen LogP contribution in [0.3, 0.4) is 0 Å². The van der Waals surface area contributed by atoms with Crippen LogP contribution in [-0.2, 0) is 0 Å². The van der Waals surface area contributed by atoms with Gasteiger partial charge in [0, 0.05) is 23.4 Å². The molecule has 1 aromatic rings. The number of carboxylic acid groups (broad SMARTS) is 1. The third kappa shape index (κ3) is 1.15. The van der Waals surface area contributed by atoms with Crippen molar-refractivity contribution in [1.82, 2.24) is 4.90 Å². The lowest BCUT2D eigenvalue weighted by Gasteiger charge is -2.29. The number of amides is 1. The minimum absolute atomic E-state index is 0.0264. The summed E-state index contributed by atoms with van der Waals surface area (Å²) in [7, 11) is 0. The molecule has 4 heteroatoms. The van der Waals surface area contributed by atoms with E-state index >= 15 is 0 Å². The number of hydrogen-bond donors (Lipinski definition) is 1. The summed E-state index contributed by atoms with van der Waals surface area (Å²) in [6.07, 6.45) is 2.90. The van der Waals surface area contributed by atoms with Crippen molar-refractivity contribution in [2.75, 3.05) is 6.54 Å². The summed E-state index contributed by atoms with van der Waals surface area (Å²) in [6.45, 7) is 0.574. The average Bonchev–Trinajstić information content (AvgIpc) is 3.00. The number of allylic oxidation sites excluding steroid dienone is 1. The van der Waals surface area contributed by atoms with Crippen molar-refractivity contribution in [3.05, 3.63) is 46.7 Å². The molecule has 0 aromatic heterocycles. The molecule has 1 amide bonds. The fraction of sp³-hybridized carbons (Fsp3) is 0.286. The van der Waals surface area contributed by atoms with Crippen LogP contribution in [0.15, 0.2) is 41.2 Å². The predicted molar refractivity (Wildman–Crippen MR) is 65.1 cm³/mol. The summed E-state index contributed by atoms with van der Waals surface area (Å²) < 4.78 is 0. The first-order chi connectivity index (χ1) is 8.70. The molecule has 0 bridgehead atoms. The van der Waals surface area contributed by atoms with Crippen molar-refractivity contribution in [3.63, 3.8) is 0 Å². The van der Waals surface area contributed by atoms with Crippen molar-refractivity contribution < 1.29 is 9.90 Å². The van der Waals surface area contributed by atoms with Gasteiger partial charge in [0.2, 0.25) is 0 Å². The lowest BCUT2D eigenvalue weighted by Crippen LogP contribution is -2.37. The second-order valence-electron chi connectivity index (χ2n) is 5.21. The largest absolute Gasteiger partial charge is 0.465 e. The van der Waals surface area contributed by atoms with E-state index in [0.717, 1.165) is 23.9 Å². The van der Waals surface area contributed by atoms with Crippen molar-refractivity contribution in [2.45, 2.75) is 12.8 Å². The van der Waals surface area contributed by atoms with Crippen molar-refractivity contribution >= 4 is 11.7 Å². The molecule has 1 aliphatic carbocycles. The van der Waals surface area contributed by atoms with Crippen LogP contribution < -0.4 is 10.6 Å². The highest BCUT2D eigenvalue weighted by atomic mass is 16.4. The molecule has 90 valence electrons. The maximum Gasteiger partial charge on any atom is 0.411 e. The Morgan fingerprint density at radius 3 is 2.83 bits per heavy atom. The van der Waals surface area contributed by atoms with Gasteiger partial charge in [0.25, 0.3) is 0 Å². The fourth-order valence-corrected chi connectivity index (χ4v) is 3.04. The second-order valence-corrected chi connectivity index (χ2v) is 5.21. The van der Waals surface area contributed by atoms with Crippen LogP contribution in [0.1, 0.15) is 12.8 Å². The van der Waals surface area contributed by atoms with Crippen LogP contribution >= 0.6 is 0 Å². The quantitative estimate of drug-likeness (QED) is 0.738. The zero-order valence-electron chi connectivity index (χ0n) is 9.76. The summed E-state index contributed by atoms with van der Waals surface area (Å²) in [6, 6.07) is 8.06.